The summed E-state index contributed by atoms with van der Waals surface area (Å²) < 4.78 is 5.47. The van der Waals surface area contributed by atoms with E-state index in [4.69, 9.17) is 10.6 Å². The van der Waals surface area contributed by atoms with Gasteiger partial charge in [0.05, 0.1) is 6.61 Å². The Morgan fingerprint density at radius 3 is 2.56 bits per heavy atom. The SMILES string of the molecule is CCCOc1ccc(NC(=NC)NN)cc1. The molecule has 0 saturated heterocycles. The molecular formula is C11H18N4O. The zero-order chi connectivity index (χ0) is 11.8. The highest BCUT2D eigenvalue weighted by molar-refractivity contribution is 5.93. The molecule has 0 amide bonds. The normalized spacial score (nSPS) is 11.1. The quantitative estimate of drug-likeness (QED) is 0.311. The minimum atomic E-state index is 0.516. The molecule has 0 atom stereocenters. The van der Waals surface area contributed by atoms with Crippen molar-refractivity contribution in [2.75, 3.05) is 19.0 Å². The second-order valence-corrected chi connectivity index (χ2v) is 3.21. The van der Waals surface area contributed by atoms with Crippen LogP contribution in [-0.2, 0) is 0 Å². The fourth-order valence-electron chi connectivity index (χ4n) is 1.15. The monoisotopic (exact) mass is 222 g/mol. The van der Waals surface area contributed by atoms with Gasteiger partial charge in [-0.2, -0.15) is 0 Å². The Balaban J connectivity index is 2.57. The number of rotatable bonds is 4. The minimum absolute atomic E-state index is 0.516. The Hall–Kier alpha value is -1.75. The van der Waals surface area contributed by atoms with Crippen molar-refractivity contribution in [3.8, 4) is 5.75 Å². The number of anilines is 1. The standard InChI is InChI=1S/C11H18N4O/c1-3-8-16-10-6-4-9(5-7-10)14-11(13-2)15-12/h4-7H,3,8,12H2,1-2H3,(H2,13,14,15). The Morgan fingerprint density at radius 1 is 1.38 bits per heavy atom. The zero-order valence-electron chi connectivity index (χ0n) is 9.66. The molecule has 88 valence electrons. The van der Waals surface area contributed by atoms with Crippen molar-refractivity contribution in [3.05, 3.63) is 24.3 Å². The van der Waals surface area contributed by atoms with Gasteiger partial charge in [0.25, 0.3) is 0 Å². The van der Waals surface area contributed by atoms with Gasteiger partial charge in [0.1, 0.15) is 5.75 Å². The van der Waals surface area contributed by atoms with Crippen molar-refractivity contribution >= 4 is 11.6 Å². The number of hydrogen-bond donors (Lipinski definition) is 3. The second-order valence-electron chi connectivity index (χ2n) is 3.21. The Labute approximate surface area is 95.7 Å². The third kappa shape index (κ3) is 3.78. The lowest BCUT2D eigenvalue weighted by Crippen LogP contribution is -2.35. The molecule has 0 aliphatic heterocycles. The first-order chi connectivity index (χ1) is 7.80. The largest absolute Gasteiger partial charge is 0.494 e. The van der Waals surface area contributed by atoms with Crippen molar-refractivity contribution in [2.45, 2.75) is 13.3 Å². The van der Waals surface area contributed by atoms with Crippen LogP contribution in [0.5, 0.6) is 5.75 Å². The molecule has 4 N–H and O–H groups in total. The van der Waals surface area contributed by atoms with E-state index in [0.717, 1.165) is 24.5 Å². The number of guanidine groups is 1. The van der Waals surface area contributed by atoms with Crippen molar-refractivity contribution in [2.24, 2.45) is 10.8 Å². The lowest BCUT2D eigenvalue weighted by Gasteiger charge is -2.09. The van der Waals surface area contributed by atoms with E-state index in [1.54, 1.807) is 7.05 Å². The average molecular weight is 222 g/mol. The Bertz CT molecular complexity index is 334. The van der Waals surface area contributed by atoms with Crippen LogP contribution >= 0.6 is 0 Å². The van der Waals surface area contributed by atoms with Crippen LogP contribution in [0.2, 0.25) is 0 Å². The van der Waals surface area contributed by atoms with Gasteiger partial charge in [-0.05, 0) is 30.7 Å². The van der Waals surface area contributed by atoms with E-state index < -0.39 is 0 Å². The third-order valence-electron chi connectivity index (χ3n) is 1.95. The van der Waals surface area contributed by atoms with Gasteiger partial charge in [0.15, 0.2) is 0 Å². The third-order valence-corrected chi connectivity index (χ3v) is 1.95. The molecule has 0 unspecified atom stereocenters. The maximum absolute atomic E-state index is 5.47. The first-order valence-corrected chi connectivity index (χ1v) is 5.23. The summed E-state index contributed by atoms with van der Waals surface area (Å²) in [6.07, 6.45) is 1.00. The highest BCUT2D eigenvalue weighted by Gasteiger charge is 1.97. The van der Waals surface area contributed by atoms with Crippen LogP contribution in [0.15, 0.2) is 29.3 Å². The van der Waals surface area contributed by atoms with Crippen molar-refractivity contribution in [1.82, 2.24) is 5.43 Å². The van der Waals surface area contributed by atoms with Gasteiger partial charge in [-0.1, -0.05) is 6.92 Å². The minimum Gasteiger partial charge on any atom is -0.494 e. The van der Waals surface area contributed by atoms with Crippen molar-refractivity contribution < 1.29 is 4.74 Å². The van der Waals surface area contributed by atoms with Crippen LogP contribution in [0.1, 0.15) is 13.3 Å². The molecule has 0 aliphatic rings. The summed E-state index contributed by atoms with van der Waals surface area (Å²) in [7, 11) is 1.65. The molecule has 1 aromatic carbocycles. The molecule has 5 nitrogen and oxygen atoms in total. The molecular weight excluding hydrogens is 204 g/mol. The molecule has 0 saturated carbocycles. The molecule has 0 heterocycles. The molecule has 0 spiro atoms. The molecule has 1 rings (SSSR count). The lowest BCUT2D eigenvalue weighted by atomic mass is 10.3. The number of hydrazine groups is 1. The lowest BCUT2D eigenvalue weighted by molar-refractivity contribution is 0.317. The molecule has 0 aromatic heterocycles. The molecule has 0 radical (unpaired) electrons. The first kappa shape index (κ1) is 12.3. The number of nitrogens with zero attached hydrogens (tertiary/aromatic N) is 1. The summed E-state index contributed by atoms with van der Waals surface area (Å²) in [5.41, 5.74) is 3.36. The van der Waals surface area contributed by atoms with Gasteiger partial charge in [-0.25, -0.2) is 5.84 Å². The Morgan fingerprint density at radius 2 is 2.06 bits per heavy atom. The van der Waals surface area contributed by atoms with Crippen LogP contribution in [0.25, 0.3) is 0 Å². The van der Waals surface area contributed by atoms with E-state index in [2.05, 4.69) is 22.7 Å². The molecule has 5 heteroatoms. The van der Waals surface area contributed by atoms with E-state index >= 15 is 0 Å². The van der Waals surface area contributed by atoms with Gasteiger partial charge in [0.2, 0.25) is 5.96 Å². The number of benzene rings is 1. The van der Waals surface area contributed by atoms with E-state index in [1.807, 2.05) is 24.3 Å². The Kier molecular flexibility index (Phi) is 5.15. The maximum atomic E-state index is 5.47. The summed E-state index contributed by atoms with van der Waals surface area (Å²) >= 11 is 0. The molecule has 16 heavy (non-hydrogen) atoms. The summed E-state index contributed by atoms with van der Waals surface area (Å²) in [6.45, 7) is 2.81. The molecule has 0 aliphatic carbocycles. The van der Waals surface area contributed by atoms with E-state index in [9.17, 15) is 0 Å². The predicted molar refractivity (Wildman–Crippen MR) is 66.5 cm³/mol. The highest BCUT2D eigenvalue weighted by atomic mass is 16.5. The number of ether oxygens (including phenoxy) is 1. The van der Waals surface area contributed by atoms with Crippen LogP contribution in [-0.4, -0.2) is 19.6 Å². The van der Waals surface area contributed by atoms with Gasteiger partial charge >= 0.3 is 0 Å². The van der Waals surface area contributed by atoms with Gasteiger partial charge in [0, 0.05) is 12.7 Å². The number of nitrogens with one attached hydrogen (secondary N) is 2. The van der Waals surface area contributed by atoms with Crippen LogP contribution in [0, 0.1) is 0 Å². The fraction of sp³-hybridized carbons (Fsp3) is 0.364. The van der Waals surface area contributed by atoms with E-state index in [0.29, 0.717) is 5.96 Å². The topological polar surface area (TPSA) is 71.7 Å². The second kappa shape index (κ2) is 6.68. The van der Waals surface area contributed by atoms with Gasteiger partial charge in [-0.3, -0.25) is 10.4 Å². The van der Waals surface area contributed by atoms with E-state index in [-0.39, 0.29) is 0 Å². The fourth-order valence-corrected chi connectivity index (χ4v) is 1.15. The van der Waals surface area contributed by atoms with Crippen molar-refractivity contribution in [1.29, 1.82) is 0 Å². The molecule has 0 fully saturated rings. The van der Waals surface area contributed by atoms with Crippen LogP contribution in [0.3, 0.4) is 0 Å². The summed E-state index contributed by atoms with van der Waals surface area (Å²) in [5, 5.41) is 3.02. The summed E-state index contributed by atoms with van der Waals surface area (Å²) in [5.74, 6) is 6.64. The van der Waals surface area contributed by atoms with E-state index in [1.165, 1.54) is 0 Å². The summed E-state index contributed by atoms with van der Waals surface area (Å²) in [4.78, 5) is 3.91. The number of aliphatic imine (C=N–C) groups is 1. The molecule has 0 bridgehead atoms. The predicted octanol–water partition coefficient (Wildman–Crippen LogP) is 1.34. The first-order valence-electron chi connectivity index (χ1n) is 5.23. The maximum Gasteiger partial charge on any atom is 0.209 e. The number of nitrogens with two attached hydrogens (primary N) is 1. The van der Waals surface area contributed by atoms with Crippen LogP contribution < -0.4 is 21.3 Å². The highest BCUT2D eigenvalue weighted by Crippen LogP contribution is 2.15. The number of hydrogen-bond acceptors (Lipinski definition) is 3. The van der Waals surface area contributed by atoms with Crippen molar-refractivity contribution in [3.63, 3.8) is 0 Å². The molecule has 1 aromatic rings. The zero-order valence-corrected chi connectivity index (χ0v) is 9.66. The van der Waals surface area contributed by atoms with Gasteiger partial charge < -0.3 is 10.1 Å². The average Bonchev–Trinajstić information content (AvgIpc) is 2.35. The smallest absolute Gasteiger partial charge is 0.209 e. The van der Waals surface area contributed by atoms with Gasteiger partial charge in [-0.15, -0.1) is 0 Å². The van der Waals surface area contributed by atoms with Crippen LogP contribution in [0.4, 0.5) is 5.69 Å². The summed E-state index contributed by atoms with van der Waals surface area (Å²) in [6, 6.07) is 7.63.